The van der Waals surface area contributed by atoms with Gasteiger partial charge in [0.2, 0.25) is 15.9 Å². The fourth-order valence-electron chi connectivity index (χ4n) is 5.07. The van der Waals surface area contributed by atoms with Gasteiger partial charge in [-0.3, -0.25) is 4.79 Å². The van der Waals surface area contributed by atoms with Crippen molar-refractivity contribution in [2.24, 2.45) is 0 Å². The van der Waals surface area contributed by atoms with E-state index in [1.165, 1.54) is 4.72 Å². The normalized spacial score (nSPS) is 20.4. The SMILES string of the molecule is O=C(C[C@H](NS(=O)(=O)c1cccc(C(F)(F)F)c1)C(F)(F)F)N[C@@H]1CCCc2cc(CNC[C@H]3CCCO3)ccc21. The van der Waals surface area contributed by atoms with Crippen LogP contribution in [-0.4, -0.2) is 45.8 Å². The minimum atomic E-state index is -5.18. The van der Waals surface area contributed by atoms with Gasteiger partial charge in [0.1, 0.15) is 6.04 Å². The van der Waals surface area contributed by atoms with Crippen LogP contribution >= 0.6 is 0 Å². The van der Waals surface area contributed by atoms with Crippen LogP contribution in [0.15, 0.2) is 47.4 Å². The lowest BCUT2D eigenvalue weighted by Gasteiger charge is -2.28. The highest BCUT2D eigenvalue weighted by molar-refractivity contribution is 7.89. The summed E-state index contributed by atoms with van der Waals surface area (Å²) in [6.07, 6.45) is -7.18. The second-order valence-corrected chi connectivity index (χ2v) is 12.0. The molecule has 0 unspecified atom stereocenters. The summed E-state index contributed by atoms with van der Waals surface area (Å²) in [6.45, 7) is 2.11. The maximum absolute atomic E-state index is 13.8. The molecule has 14 heteroatoms. The Morgan fingerprint density at radius 2 is 1.80 bits per heavy atom. The number of carbonyl (C=O) groups is 1. The second kappa shape index (κ2) is 12.7. The summed E-state index contributed by atoms with van der Waals surface area (Å²) in [7, 11) is -5.03. The third-order valence-electron chi connectivity index (χ3n) is 7.14. The third-order valence-corrected chi connectivity index (χ3v) is 8.61. The van der Waals surface area contributed by atoms with Gasteiger partial charge in [0.15, 0.2) is 0 Å². The van der Waals surface area contributed by atoms with Crippen LogP contribution in [0.25, 0.3) is 0 Å². The average molecular weight is 608 g/mol. The number of benzene rings is 2. The van der Waals surface area contributed by atoms with Gasteiger partial charge in [0, 0.05) is 19.7 Å². The van der Waals surface area contributed by atoms with Crippen LogP contribution in [-0.2, 0) is 38.7 Å². The van der Waals surface area contributed by atoms with Gasteiger partial charge in [-0.15, -0.1) is 0 Å². The quantitative estimate of drug-likeness (QED) is 0.339. The third kappa shape index (κ3) is 8.43. The maximum atomic E-state index is 13.8. The second-order valence-electron chi connectivity index (χ2n) is 10.3. The van der Waals surface area contributed by atoms with Crippen molar-refractivity contribution in [2.75, 3.05) is 13.2 Å². The van der Waals surface area contributed by atoms with Crippen molar-refractivity contribution in [1.82, 2.24) is 15.4 Å². The van der Waals surface area contributed by atoms with E-state index >= 15 is 0 Å². The van der Waals surface area contributed by atoms with E-state index in [1.807, 2.05) is 18.2 Å². The molecule has 2 aromatic rings. The van der Waals surface area contributed by atoms with Crippen molar-refractivity contribution >= 4 is 15.9 Å². The molecule has 1 aliphatic carbocycles. The summed E-state index contributed by atoms with van der Waals surface area (Å²) in [5.74, 6) is -1.04. The lowest BCUT2D eigenvalue weighted by atomic mass is 9.86. The molecule has 226 valence electrons. The summed E-state index contributed by atoms with van der Waals surface area (Å²) >= 11 is 0. The van der Waals surface area contributed by atoms with Crippen molar-refractivity contribution in [3.05, 3.63) is 64.7 Å². The molecule has 4 rings (SSSR count). The zero-order valence-electron chi connectivity index (χ0n) is 21.9. The van der Waals surface area contributed by atoms with E-state index in [-0.39, 0.29) is 12.2 Å². The van der Waals surface area contributed by atoms with Gasteiger partial charge in [0.25, 0.3) is 0 Å². The van der Waals surface area contributed by atoms with Gasteiger partial charge >= 0.3 is 12.4 Å². The molecular weight excluding hydrogens is 576 g/mol. The highest BCUT2D eigenvalue weighted by atomic mass is 32.2. The first-order valence-corrected chi connectivity index (χ1v) is 14.7. The van der Waals surface area contributed by atoms with E-state index in [0.29, 0.717) is 25.5 Å². The molecule has 3 N–H and O–H groups in total. The molecular formula is C27H31F6N3O4S. The number of nitrogens with one attached hydrogen (secondary N) is 3. The number of amides is 1. The molecule has 0 spiro atoms. The smallest absolute Gasteiger partial charge is 0.377 e. The number of ether oxygens (including phenoxy) is 1. The standard InChI is InChI=1S/C27H31F6N3O4S/c28-26(29,30)19-5-2-7-21(13-19)41(38,39)36-24(27(31,32)33)14-25(37)35-23-8-1-4-18-12-17(9-10-22(18)23)15-34-16-20-6-3-11-40-20/h2,5,7,9-10,12-13,20,23-24,34,36H,1,3-4,6,8,11,14-16H2,(H,35,37)/t20-,23-,24+/m1/s1. The maximum Gasteiger partial charge on any atom is 0.416 e. The fourth-order valence-corrected chi connectivity index (χ4v) is 6.34. The minimum Gasteiger partial charge on any atom is -0.377 e. The van der Waals surface area contributed by atoms with Crippen molar-refractivity contribution in [2.45, 2.75) is 80.5 Å². The largest absolute Gasteiger partial charge is 0.416 e. The summed E-state index contributed by atoms with van der Waals surface area (Å²) in [6, 6.07) is 4.67. The number of hydrogen-bond donors (Lipinski definition) is 3. The summed E-state index contributed by atoms with van der Waals surface area (Å²) in [5, 5.41) is 5.93. The van der Waals surface area contributed by atoms with Gasteiger partial charge in [-0.25, -0.2) is 8.42 Å². The Bertz CT molecular complexity index is 1330. The molecule has 1 amide bonds. The lowest BCUT2D eigenvalue weighted by molar-refractivity contribution is -0.158. The predicted molar refractivity (Wildman–Crippen MR) is 137 cm³/mol. The Balaban J connectivity index is 1.40. The van der Waals surface area contributed by atoms with E-state index in [2.05, 4.69) is 10.6 Å². The van der Waals surface area contributed by atoms with E-state index in [0.717, 1.165) is 61.2 Å². The Morgan fingerprint density at radius 1 is 1.02 bits per heavy atom. The minimum absolute atomic E-state index is 0.197. The molecule has 1 heterocycles. The van der Waals surface area contributed by atoms with E-state index in [1.54, 1.807) is 0 Å². The first-order valence-electron chi connectivity index (χ1n) is 13.2. The zero-order chi connectivity index (χ0) is 29.8. The Morgan fingerprint density at radius 3 is 2.49 bits per heavy atom. The number of sulfonamides is 1. The van der Waals surface area contributed by atoms with Crippen LogP contribution in [0.2, 0.25) is 0 Å². The molecule has 0 radical (unpaired) electrons. The number of carbonyl (C=O) groups excluding carboxylic acids is 1. The zero-order valence-corrected chi connectivity index (χ0v) is 22.8. The van der Waals surface area contributed by atoms with Crippen LogP contribution in [0.4, 0.5) is 26.3 Å². The average Bonchev–Trinajstić information content (AvgIpc) is 3.41. The Hall–Kier alpha value is -2.68. The number of aryl methyl sites for hydroxylation is 1. The lowest BCUT2D eigenvalue weighted by Crippen LogP contribution is -2.48. The summed E-state index contributed by atoms with van der Waals surface area (Å²) in [5.41, 5.74) is 1.44. The number of halogens is 6. The predicted octanol–water partition coefficient (Wildman–Crippen LogP) is 4.77. The molecule has 0 aromatic heterocycles. The molecule has 1 aliphatic heterocycles. The van der Waals surface area contributed by atoms with Crippen LogP contribution in [0, 0.1) is 0 Å². The molecule has 2 aromatic carbocycles. The number of alkyl halides is 6. The number of fused-ring (bicyclic) bond motifs is 1. The van der Waals surface area contributed by atoms with Gasteiger partial charge in [-0.1, -0.05) is 24.3 Å². The van der Waals surface area contributed by atoms with Gasteiger partial charge in [-0.2, -0.15) is 31.1 Å². The van der Waals surface area contributed by atoms with Crippen molar-refractivity contribution in [3.63, 3.8) is 0 Å². The fraction of sp³-hybridized carbons (Fsp3) is 0.519. The first kappa shape index (κ1) is 31.3. The molecule has 2 aliphatic rings. The van der Waals surface area contributed by atoms with Crippen LogP contribution in [0.1, 0.15) is 60.4 Å². The Kier molecular flexibility index (Phi) is 9.66. The van der Waals surface area contributed by atoms with Crippen molar-refractivity contribution in [3.8, 4) is 0 Å². The van der Waals surface area contributed by atoms with Crippen LogP contribution < -0.4 is 15.4 Å². The van der Waals surface area contributed by atoms with E-state index in [9.17, 15) is 39.6 Å². The molecule has 3 atom stereocenters. The first-order chi connectivity index (χ1) is 19.2. The molecule has 0 saturated carbocycles. The highest BCUT2D eigenvalue weighted by Gasteiger charge is 2.44. The van der Waals surface area contributed by atoms with Gasteiger partial charge in [0.05, 0.1) is 29.0 Å². The molecule has 7 nitrogen and oxygen atoms in total. The molecule has 1 fully saturated rings. The van der Waals surface area contributed by atoms with Crippen LogP contribution in [0.3, 0.4) is 0 Å². The van der Waals surface area contributed by atoms with E-state index in [4.69, 9.17) is 4.74 Å². The van der Waals surface area contributed by atoms with Crippen LogP contribution in [0.5, 0.6) is 0 Å². The Labute approximate surface area is 234 Å². The van der Waals surface area contributed by atoms with Crippen molar-refractivity contribution < 1.29 is 44.3 Å². The summed E-state index contributed by atoms with van der Waals surface area (Å²) in [4.78, 5) is 11.7. The topological polar surface area (TPSA) is 96.5 Å². The summed E-state index contributed by atoms with van der Waals surface area (Å²) < 4.78 is 112. The number of hydrogen-bond acceptors (Lipinski definition) is 5. The molecule has 41 heavy (non-hydrogen) atoms. The number of rotatable bonds is 10. The van der Waals surface area contributed by atoms with E-state index < -0.39 is 57.2 Å². The molecule has 1 saturated heterocycles. The van der Waals surface area contributed by atoms with Crippen molar-refractivity contribution in [1.29, 1.82) is 0 Å². The monoisotopic (exact) mass is 607 g/mol. The molecule has 0 bridgehead atoms. The van der Waals surface area contributed by atoms with Gasteiger partial charge in [-0.05, 0) is 67.0 Å². The van der Waals surface area contributed by atoms with Gasteiger partial charge < -0.3 is 15.4 Å². The highest BCUT2D eigenvalue weighted by Crippen LogP contribution is 2.33.